The molecule has 5 heteroatoms. The van der Waals surface area contributed by atoms with E-state index in [9.17, 15) is 9.59 Å². The predicted octanol–water partition coefficient (Wildman–Crippen LogP) is 1.86. The highest BCUT2D eigenvalue weighted by Crippen LogP contribution is 2.04. The number of benzene rings is 1. The Kier molecular flexibility index (Phi) is 5.36. The van der Waals surface area contributed by atoms with E-state index in [1.807, 2.05) is 31.2 Å². The van der Waals surface area contributed by atoms with Crippen molar-refractivity contribution in [2.45, 2.75) is 20.4 Å². The first-order chi connectivity index (χ1) is 8.90. The normalized spacial score (nSPS) is 11.7. The zero-order valence-corrected chi connectivity index (χ0v) is 11.5. The zero-order chi connectivity index (χ0) is 14.4. The lowest BCUT2D eigenvalue weighted by Crippen LogP contribution is -2.40. The van der Waals surface area contributed by atoms with Crippen LogP contribution in [0.5, 0.6) is 0 Å². The Morgan fingerprint density at radius 3 is 2.68 bits per heavy atom. The molecule has 104 valence electrons. The number of hydrogen-bond donors (Lipinski definition) is 2. The number of carbonyl (C=O) groups excluding carboxylic acids is 1. The molecule has 5 nitrogen and oxygen atoms in total. The summed E-state index contributed by atoms with van der Waals surface area (Å²) in [4.78, 5) is 23.9. The molecule has 0 aromatic heterocycles. The van der Waals surface area contributed by atoms with Gasteiger partial charge in [-0.2, -0.15) is 0 Å². The minimum Gasteiger partial charge on any atom is -0.481 e. The van der Waals surface area contributed by atoms with Crippen LogP contribution in [0.25, 0.3) is 0 Å². The van der Waals surface area contributed by atoms with Crippen molar-refractivity contribution in [3.8, 4) is 0 Å². The fourth-order valence-electron chi connectivity index (χ4n) is 1.71. The van der Waals surface area contributed by atoms with Gasteiger partial charge in [0, 0.05) is 20.1 Å². The van der Waals surface area contributed by atoms with Crippen molar-refractivity contribution < 1.29 is 14.7 Å². The molecule has 0 spiro atoms. The SMILES string of the molecule is Cc1cccc(CNC(=O)N(C)CC(C)C(=O)O)c1. The van der Waals surface area contributed by atoms with Crippen molar-refractivity contribution in [3.63, 3.8) is 0 Å². The number of rotatable bonds is 5. The van der Waals surface area contributed by atoms with Gasteiger partial charge in [-0.05, 0) is 12.5 Å². The van der Waals surface area contributed by atoms with Gasteiger partial charge in [0.25, 0.3) is 0 Å². The minimum atomic E-state index is -0.904. The van der Waals surface area contributed by atoms with Crippen molar-refractivity contribution in [2.24, 2.45) is 5.92 Å². The van der Waals surface area contributed by atoms with Crippen LogP contribution in [0.2, 0.25) is 0 Å². The second kappa shape index (κ2) is 6.78. The smallest absolute Gasteiger partial charge is 0.317 e. The van der Waals surface area contributed by atoms with Crippen molar-refractivity contribution in [3.05, 3.63) is 35.4 Å². The summed E-state index contributed by atoms with van der Waals surface area (Å²) >= 11 is 0. The Hall–Kier alpha value is -2.04. The number of amides is 2. The number of aryl methyl sites for hydroxylation is 1. The van der Waals surface area contributed by atoms with Gasteiger partial charge in [-0.25, -0.2) is 4.79 Å². The molecule has 0 aliphatic heterocycles. The van der Waals surface area contributed by atoms with Gasteiger partial charge in [-0.15, -0.1) is 0 Å². The van der Waals surface area contributed by atoms with Gasteiger partial charge < -0.3 is 15.3 Å². The molecular formula is C14H20N2O3. The summed E-state index contributed by atoms with van der Waals surface area (Å²) < 4.78 is 0. The van der Waals surface area contributed by atoms with Crippen LogP contribution >= 0.6 is 0 Å². The Balaban J connectivity index is 2.44. The highest BCUT2D eigenvalue weighted by Gasteiger charge is 2.16. The number of carboxylic acid groups (broad SMARTS) is 1. The largest absolute Gasteiger partial charge is 0.481 e. The van der Waals surface area contributed by atoms with Crippen molar-refractivity contribution in [2.75, 3.05) is 13.6 Å². The maximum absolute atomic E-state index is 11.8. The average Bonchev–Trinajstić information content (AvgIpc) is 2.35. The van der Waals surface area contributed by atoms with Crippen LogP contribution in [0.15, 0.2) is 24.3 Å². The zero-order valence-electron chi connectivity index (χ0n) is 11.5. The molecule has 0 saturated heterocycles. The van der Waals surface area contributed by atoms with Gasteiger partial charge in [0.2, 0.25) is 0 Å². The molecular weight excluding hydrogens is 244 g/mol. The second-order valence-corrected chi connectivity index (χ2v) is 4.77. The molecule has 1 aromatic rings. The highest BCUT2D eigenvalue weighted by atomic mass is 16.4. The van der Waals surface area contributed by atoms with E-state index in [4.69, 9.17) is 5.11 Å². The topological polar surface area (TPSA) is 69.6 Å². The highest BCUT2D eigenvalue weighted by molar-refractivity contribution is 5.75. The van der Waals surface area contributed by atoms with E-state index >= 15 is 0 Å². The molecule has 2 N–H and O–H groups in total. The molecule has 0 fully saturated rings. The molecule has 0 radical (unpaired) electrons. The van der Waals surface area contributed by atoms with E-state index in [0.29, 0.717) is 6.54 Å². The van der Waals surface area contributed by atoms with E-state index in [1.165, 1.54) is 4.90 Å². The summed E-state index contributed by atoms with van der Waals surface area (Å²) in [7, 11) is 1.59. The van der Waals surface area contributed by atoms with E-state index < -0.39 is 11.9 Å². The molecule has 1 rings (SSSR count). The number of aliphatic carboxylic acids is 1. The molecule has 0 saturated carbocycles. The van der Waals surface area contributed by atoms with Crippen molar-refractivity contribution >= 4 is 12.0 Å². The maximum Gasteiger partial charge on any atom is 0.317 e. The molecule has 2 amide bonds. The summed E-state index contributed by atoms with van der Waals surface area (Å²) in [5.41, 5.74) is 2.16. The minimum absolute atomic E-state index is 0.189. The second-order valence-electron chi connectivity index (χ2n) is 4.77. The molecule has 0 aliphatic rings. The lowest BCUT2D eigenvalue weighted by atomic mass is 10.1. The third-order valence-corrected chi connectivity index (χ3v) is 2.84. The number of carbonyl (C=O) groups is 2. The average molecular weight is 264 g/mol. The van der Waals surface area contributed by atoms with Gasteiger partial charge in [0.05, 0.1) is 5.92 Å². The summed E-state index contributed by atoms with van der Waals surface area (Å²) in [5, 5.41) is 11.6. The predicted molar refractivity (Wildman–Crippen MR) is 72.8 cm³/mol. The van der Waals surface area contributed by atoms with Crippen LogP contribution < -0.4 is 5.32 Å². The van der Waals surface area contributed by atoms with Gasteiger partial charge in [0.15, 0.2) is 0 Å². The van der Waals surface area contributed by atoms with E-state index in [2.05, 4.69) is 5.32 Å². The first-order valence-corrected chi connectivity index (χ1v) is 6.17. The molecule has 1 unspecified atom stereocenters. The molecule has 19 heavy (non-hydrogen) atoms. The maximum atomic E-state index is 11.8. The fraction of sp³-hybridized carbons (Fsp3) is 0.429. The third kappa shape index (κ3) is 4.99. The lowest BCUT2D eigenvalue weighted by molar-refractivity contribution is -0.141. The first-order valence-electron chi connectivity index (χ1n) is 6.17. The first kappa shape index (κ1) is 15.0. The number of nitrogens with zero attached hydrogens (tertiary/aromatic N) is 1. The van der Waals surface area contributed by atoms with E-state index in [1.54, 1.807) is 14.0 Å². The van der Waals surface area contributed by atoms with Gasteiger partial charge in [0.1, 0.15) is 0 Å². The van der Waals surface area contributed by atoms with Crippen LogP contribution in [-0.4, -0.2) is 35.6 Å². The summed E-state index contributed by atoms with van der Waals surface area (Å²) in [6, 6.07) is 7.60. The standard InChI is InChI=1S/C14H20N2O3/c1-10-5-4-6-12(7-10)8-15-14(19)16(3)9-11(2)13(17)18/h4-7,11H,8-9H2,1-3H3,(H,15,19)(H,17,18). The van der Waals surface area contributed by atoms with Crippen LogP contribution in [0.3, 0.4) is 0 Å². The van der Waals surface area contributed by atoms with Gasteiger partial charge in [-0.3, -0.25) is 4.79 Å². The lowest BCUT2D eigenvalue weighted by Gasteiger charge is -2.20. The van der Waals surface area contributed by atoms with E-state index in [-0.39, 0.29) is 12.6 Å². The molecule has 0 bridgehead atoms. The molecule has 0 heterocycles. The van der Waals surface area contributed by atoms with Crippen LogP contribution in [0.4, 0.5) is 4.79 Å². The van der Waals surface area contributed by atoms with Crippen LogP contribution in [0, 0.1) is 12.8 Å². The number of urea groups is 1. The molecule has 1 atom stereocenters. The Morgan fingerprint density at radius 1 is 1.42 bits per heavy atom. The molecule has 0 aliphatic carbocycles. The monoisotopic (exact) mass is 264 g/mol. The Bertz CT molecular complexity index is 460. The quantitative estimate of drug-likeness (QED) is 0.852. The number of carboxylic acids is 1. The van der Waals surface area contributed by atoms with Crippen molar-refractivity contribution in [1.82, 2.24) is 10.2 Å². The van der Waals surface area contributed by atoms with Crippen molar-refractivity contribution in [1.29, 1.82) is 0 Å². The molecule has 1 aromatic carbocycles. The van der Waals surface area contributed by atoms with Crippen LogP contribution in [-0.2, 0) is 11.3 Å². The number of nitrogens with one attached hydrogen (secondary N) is 1. The summed E-state index contributed by atoms with van der Waals surface area (Å²) in [5.74, 6) is -1.48. The van der Waals surface area contributed by atoms with Gasteiger partial charge >= 0.3 is 12.0 Å². The van der Waals surface area contributed by atoms with Gasteiger partial charge in [-0.1, -0.05) is 36.8 Å². The van der Waals surface area contributed by atoms with Crippen LogP contribution in [0.1, 0.15) is 18.1 Å². The fourth-order valence-corrected chi connectivity index (χ4v) is 1.71. The number of hydrogen-bond acceptors (Lipinski definition) is 2. The Labute approximate surface area is 113 Å². The van der Waals surface area contributed by atoms with E-state index in [0.717, 1.165) is 11.1 Å². The third-order valence-electron chi connectivity index (χ3n) is 2.84. The summed E-state index contributed by atoms with van der Waals surface area (Å²) in [6.45, 7) is 4.19. The Morgan fingerprint density at radius 2 is 2.11 bits per heavy atom. The summed E-state index contributed by atoms with van der Waals surface area (Å²) in [6.07, 6.45) is 0.